The zero-order valence-electron chi connectivity index (χ0n) is 36.5. The maximum Gasteiger partial charge on any atom is 0.329 e. The van der Waals surface area contributed by atoms with Gasteiger partial charge in [0.2, 0.25) is 11.8 Å². The Hall–Kier alpha value is -7.20. The number of carbonyl (C=O) groups is 5. The van der Waals surface area contributed by atoms with Crippen LogP contribution in [0.4, 0.5) is 34.7 Å². The number of nitrogens with one attached hydrogen (secondary N) is 3. The minimum atomic E-state index is -3.12. The van der Waals surface area contributed by atoms with E-state index in [1.807, 2.05) is 9.47 Å². The molecule has 6 amide bonds. The van der Waals surface area contributed by atoms with Crippen molar-refractivity contribution in [2.24, 2.45) is 0 Å². The van der Waals surface area contributed by atoms with E-state index in [1.54, 1.807) is 65.4 Å². The second-order valence-corrected chi connectivity index (χ2v) is 18.6. The average Bonchev–Trinajstić information content (AvgIpc) is 4.19. The molecule has 3 saturated heterocycles. The van der Waals surface area contributed by atoms with Crippen LogP contribution in [0.25, 0.3) is 22.0 Å². The van der Waals surface area contributed by atoms with Gasteiger partial charge in [0.15, 0.2) is 17.0 Å². The standard InChI is InChI=1S/C46H44F3N13O5S/c47-33-19-28(18-30-31(33)22-62(43(30)66)40(42(65)54-44-50-9-17-68-44)39-35-2-1-10-60(35)25-52-39)27-4-6-36(51-21-27)58-13-15-59(16-14-58)38(64)23-57-11-7-32(46(48,49)24-57)26-3-5-29-34(20-26)55-56-41(29)61-12-8-37(63)53-45(61)67/h3-6,9,17-21,25,32,40H,1-2,7-8,10-16,22-24H2,(H,55,56)(H,50,54,65)(H,53,63,67). The average molecular weight is 948 g/mol. The largest absolute Gasteiger partial charge is 0.353 e. The van der Waals surface area contributed by atoms with E-state index in [1.165, 1.54) is 32.1 Å². The van der Waals surface area contributed by atoms with E-state index < -0.39 is 48.1 Å². The van der Waals surface area contributed by atoms with Gasteiger partial charge in [0, 0.05) is 91.2 Å². The zero-order valence-corrected chi connectivity index (χ0v) is 37.3. The van der Waals surface area contributed by atoms with Gasteiger partial charge in [0.05, 0.1) is 43.1 Å². The van der Waals surface area contributed by atoms with Gasteiger partial charge in [0.1, 0.15) is 11.6 Å². The van der Waals surface area contributed by atoms with Crippen LogP contribution in [0.15, 0.2) is 66.6 Å². The van der Waals surface area contributed by atoms with Gasteiger partial charge in [0.25, 0.3) is 17.7 Å². The fraction of sp³-hybridized carbons (Fsp3) is 0.370. The van der Waals surface area contributed by atoms with Crippen molar-refractivity contribution >= 4 is 68.7 Å². The molecule has 0 spiro atoms. The smallest absolute Gasteiger partial charge is 0.329 e. The van der Waals surface area contributed by atoms with Gasteiger partial charge in [-0.3, -0.25) is 44.7 Å². The number of piperazine rings is 1. The summed E-state index contributed by atoms with van der Waals surface area (Å²) < 4.78 is 49.5. The first-order valence-corrected chi connectivity index (χ1v) is 23.3. The molecule has 3 N–H and O–H groups in total. The maximum absolute atomic E-state index is 15.9. The Labute approximate surface area is 390 Å². The number of aryl methyl sites for hydroxylation is 1. The van der Waals surface area contributed by atoms with Crippen LogP contribution in [-0.2, 0) is 33.9 Å². The first-order valence-electron chi connectivity index (χ1n) is 22.4. The summed E-state index contributed by atoms with van der Waals surface area (Å²) in [7, 11) is 0. The van der Waals surface area contributed by atoms with Gasteiger partial charge < -0.3 is 19.3 Å². The highest BCUT2D eigenvalue weighted by atomic mass is 32.1. The lowest BCUT2D eigenvalue weighted by Crippen LogP contribution is -2.54. The van der Waals surface area contributed by atoms with Gasteiger partial charge in [-0.05, 0) is 73.3 Å². The van der Waals surface area contributed by atoms with E-state index in [4.69, 9.17) is 0 Å². The quantitative estimate of drug-likeness (QED) is 0.169. The molecule has 22 heteroatoms. The van der Waals surface area contributed by atoms with Gasteiger partial charge in [-0.1, -0.05) is 6.07 Å². The van der Waals surface area contributed by atoms with Crippen molar-refractivity contribution in [1.29, 1.82) is 0 Å². The highest BCUT2D eigenvalue weighted by molar-refractivity contribution is 7.13. The normalized spacial score (nSPS) is 19.9. The Kier molecular flexibility index (Phi) is 10.9. The van der Waals surface area contributed by atoms with Crippen LogP contribution >= 0.6 is 11.3 Å². The summed E-state index contributed by atoms with van der Waals surface area (Å²) in [5.41, 5.74) is 3.66. The highest BCUT2D eigenvalue weighted by Gasteiger charge is 2.46. The lowest BCUT2D eigenvalue weighted by atomic mass is 9.85. The summed E-state index contributed by atoms with van der Waals surface area (Å²) in [6.45, 7) is 2.07. The third kappa shape index (κ3) is 7.89. The number of anilines is 3. The van der Waals surface area contributed by atoms with Crippen LogP contribution in [0.2, 0.25) is 0 Å². The van der Waals surface area contributed by atoms with E-state index >= 15 is 13.2 Å². The van der Waals surface area contributed by atoms with E-state index in [0.717, 1.165) is 18.7 Å². The summed E-state index contributed by atoms with van der Waals surface area (Å²) in [4.78, 5) is 86.7. The molecule has 68 heavy (non-hydrogen) atoms. The molecule has 6 aromatic rings. The van der Waals surface area contributed by atoms with Crippen molar-refractivity contribution in [1.82, 2.24) is 49.7 Å². The van der Waals surface area contributed by atoms with E-state index in [-0.39, 0.29) is 55.4 Å². The molecule has 0 radical (unpaired) electrons. The van der Waals surface area contributed by atoms with Crippen LogP contribution in [-0.4, -0.2) is 132 Å². The number of H-pyrrole nitrogens is 1. The van der Waals surface area contributed by atoms with Crippen LogP contribution in [0.3, 0.4) is 0 Å². The predicted octanol–water partition coefficient (Wildman–Crippen LogP) is 4.92. The van der Waals surface area contributed by atoms with Crippen LogP contribution < -0.4 is 20.4 Å². The van der Waals surface area contributed by atoms with Crippen LogP contribution in [0.1, 0.15) is 64.1 Å². The molecule has 4 aromatic heterocycles. The van der Waals surface area contributed by atoms with Gasteiger partial charge >= 0.3 is 6.03 Å². The summed E-state index contributed by atoms with van der Waals surface area (Å²) in [5.74, 6) is -5.38. The van der Waals surface area contributed by atoms with Crippen molar-refractivity contribution < 1.29 is 37.1 Å². The first-order chi connectivity index (χ1) is 32.9. The number of fused-ring (bicyclic) bond motifs is 3. The zero-order chi connectivity index (χ0) is 46.8. The fourth-order valence-corrected chi connectivity index (χ4v) is 10.7. The number of thiazole rings is 1. The second kappa shape index (κ2) is 17.1. The van der Waals surface area contributed by atoms with Crippen molar-refractivity contribution in [3.05, 3.63) is 100 Å². The molecule has 0 bridgehead atoms. The molecule has 18 nitrogen and oxygen atoms in total. The highest BCUT2D eigenvalue weighted by Crippen LogP contribution is 2.42. The molecule has 2 atom stereocenters. The van der Waals surface area contributed by atoms with Crippen molar-refractivity contribution in [2.75, 3.05) is 67.5 Å². The van der Waals surface area contributed by atoms with E-state index in [0.29, 0.717) is 89.2 Å². The summed E-state index contributed by atoms with van der Waals surface area (Å²) >= 11 is 1.25. The van der Waals surface area contributed by atoms with Gasteiger partial charge in [-0.25, -0.2) is 32.9 Å². The molecule has 5 aliphatic rings. The Balaban J connectivity index is 0.702. The van der Waals surface area contributed by atoms with Crippen LogP contribution in [0, 0.1) is 5.82 Å². The Morgan fingerprint density at radius 1 is 0.941 bits per heavy atom. The predicted molar refractivity (Wildman–Crippen MR) is 243 cm³/mol. The lowest BCUT2D eigenvalue weighted by Gasteiger charge is -2.40. The number of benzene rings is 2. The molecule has 3 fully saturated rings. The minimum Gasteiger partial charge on any atom is -0.353 e. The summed E-state index contributed by atoms with van der Waals surface area (Å²) in [5, 5.41) is 14.8. The minimum absolute atomic E-state index is 0.110. The molecule has 350 valence electrons. The molecule has 5 aliphatic heterocycles. The summed E-state index contributed by atoms with van der Waals surface area (Å²) in [6, 6.07) is 9.82. The molecule has 0 saturated carbocycles. The number of imide groups is 1. The number of urea groups is 1. The molecular weight excluding hydrogens is 904 g/mol. The third-order valence-electron chi connectivity index (χ3n) is 13.6. The topological polar surface area (TPSA) is 198 Å². The Bertz CT molecular complexity index is 2990. The third-order valence-corrected chi connectivity index (χ3v) is 14.3. The Morgan fingerprint density at radius 2 is 1.79 bits per heavy atom. The SMILES string of the molecule is O=C1CCN(c2n[nH]c3cc(C4CCN(CC(=O)N5CCN(c6ccc(-c7cc(F)c8c(c7)C(=O)N(C(C(=O)Nc7nccs7)c7ncn9c7CCC9)C8)cn6)CC5)CC4(F)F)ccc23)C(=O)N1. The second-order valence-electron chi connectivity index (χ2n) is 17.7. The number of pyridine rings is 1. The fourth-order valence-electron chi connectivity index (χ4n) is 10.2. The molecule has 2 aromatic carbocycles. The molecule has 2 unspecified atom stereocenters. The summed E-state index contributed by atoms with van der Waals surface area (Å²) in [6.07, 6.45) is 6.71. The number of nitrogens with zero attached hydrogens (tertiary/aromatic N) is 10. The maximum atomic E-state index is 15.9. The monoisotopic (exact) mass is 947 g/mol. The van der Waals surface area contributed by atoms with Crippen molar-refractivity contribution in [2.45, 2.75) is 56.7 Å². The van der Waals surface area contributed by atoms with Crippen molar-refractivity contribution in [3.63, 3.8) is 0 Å². The number of imidazole rings is 1. The number of carbonyl (C=O) groups excluding carboxylic acids is 5. The number of hydrogen-bond acceptors (Lipinski definition) is 12. The number of aromatic amines is 1. The Morgan fingerprint density at radius 3 is 2.56 bits per heavy atom. The number of halogens is 3. The van der Waals surface area contributed by atoms with Crippen LogP contribution in [0.5, 0.6) is 0 Å². The number of piperidine rings is 1. The van der Waals surface area contributed by atoms with E-state index in [9.17, 15) is 24.0 Å². The molecular formula is C46H44F3N13O5S. The lowest BCUT2D eigenvalue weighted by molar-refractivity contribution is -0.136. The number of amides is 6. The number of hydrogen-bond donors (Lipinski definition) is 3. The molecule has 0 aliphatic carbocycles. The number of alkyl halides is 2. The first kappa shape index (κ1) is 43.4. The molecule has 9 heterocycles. The number of rotatable bonds is 10. The van der Waals surface area contributed by atoms with Crippen molar-refractivity contribution in [3.8, 4) is 11.1 Å². The van der Waals surface area contributed by atoms with Gasteiger partial charge in [-0.15, -0.1) is 11.3 Å². The molecule has 11 rings (SSSR count). The number of likely N-dealkylation sites (tertiary alicyclic amines) is 1. The number of aromatic nitrogens is 6. The van der Waals surface area contributed by atoms with Gasteiger partial charge in [-0.2, -0.15) is 5.10 Å². The van der Waals surface area contributed by atoms with E-state index in [2.05, 4.69) is 35.8 Å².